The van der Waals surface area contributed by atoms with Crippen LogP contribution in [0.1, 0.15) is 25.3 Å². The topological polar surface area (TPSA) is 47.9 Å². The number of hydrogen-bond donors (Lipinski definition) is 0. The van der Waals surface area contributed by atoms with Crippen LogP contribution in [0.4, 0.5) is 0 Å². The van der Waals surface area contributed by atoms with Crippen molar-refractivity contribution in [1.29, 1.82) is 0 Å². The Bertz CT molecular complexity index is 558. The van der Waals surface area contributed by atoms with E-state index in [9.17, 15) is 0 Å². The molecule has 1 aromatic carbocycles. The SMILES string of the molecule is COc1ccc(-c2cnnc(Cl)n2)cc1C(C)C. The maximum Gasteiger partial charge on any atom is 0.243 e. The highest BCUT2D eigenvalue weighted by Crippen LogP contribution is 2.30. The van der Waals surface area contributed by atoms with Gasteiger partial charge in [-0.05, 0) is 41.3 Å². The second-order valence-corrected chi connectivity index (χ2v) is 4.56. The Kier molecular flexibility index (Phi) is 3.77. The van der Waals surface area contributed by atoms with Crippen molar-refractivity contribution in [1.82, 2.24) is 15.2 Å². The maximum atomic E-state index is 5.75. The van der Waals surface area contributed by atoms with Gasteiger partial charge >= 0.3 is 0 Å². The van der Waals surface area contributed by atoms with Gasteiger partial charge in [0.2, 0.25) is 5.28 Å². The molecule has 0 N–H and O–H groups in total. The molecule has 1 heterocycles. The summed E-state index contributed by atoms with van der Waals surface area (Å²) in [6.45, 7) is 4.24. The third kappa shape index (κ3) is 2.59. The lowest BCUT2D eigenvalue weighted by Crippen LogP contribution is -1.96. The highest BCUT2D eigenvalue weighted by Gasteiger charge is 2.10. The van der Waals surface area contributed by atoms with Gasteiger partial charge in [0.15, 0.2) is 0 Å². The average Bonchev–Trinajstić information content (AvgIpc) is 2.38. The molecule has 0 aliphatic heterocycles. The van der Waals surface area contributed by atoms with Crippen molar-refractivity contribution < 1.29 is 4.74 Å². The maximum absolute atomic E-state index is 5.75. The number of nitrogens with zero attached hydrogens (tertiary/aromatic N) is 3. The van der Waals surface area contributed by atoms with Crippen molar-refractivity contribution in [2.24, 2.45) is 0 Å². The molecule has 1 aromatic heterocycles. The third-order valence-electron chi connectivity index (χ3n) is 2.68. The van der Waals surface area contributed by atoms with Gasteiger partial charge in [0, 0.05) is 5.56 Å². The van der Waals surface area contributed by atoms with E-state index in [1.807, 2.05) is 18.2 Å². The minimum Gasteiger partial charge on any atom is -0.496 e. The quantitative estimate of drug-likeness (QED) is 0.852. The Hall–Kier alpha value is -1.68. The van der Waals surface area contributed by atoms with Gasteiger partial charge in [0.1, 0.15) is 5.75 Å². The molecule has 0 unspecified atom stereocenters. The summed E-state index contributed by atoms with van der Waals surface area (Å²) in [6, 6.07) is 5.91. The van der Waals surface area contributed by atoms with Gasteiger partial charge < -0.3 is 4.74 Å². The van der Waals surface area contributed by atoms with E-state index in [-0.39, 0.29) is 5.28 Å². The van der Waals surface area contributed by atoms with Crippen molar-refractivity contribution in [3.8, 4) is 17.0 Å². The van der Waals surface area contributed by atoms with E-state index >= 15 is 0 Å². The number of halogens is 1. The van der Waals surface area contributed by atoms with Crippen LogP contribution in [-0.4, -0.2) is 22.3 Å². The van der Waals surface area contributed by atoms with Gasteiger partial charge in [-0.1, -0.05) is 13.8 Å². The molecule has 0 bridgehead atoms. The van der Waals surface area contributed by atoms with Crippen molar-refractivity contribution in [2.75, 3.05) is 7.11 Å². The molecule has 18 heavy (non-hydrogen) atoms. The number of aromatic nitrogens is 3. The third-order valence-corrected chi connectivity index (χ3v) is 2.84. The Morgan fingerprint density at radius 3 is 2.67 bits per heavy atom. The Labute approximate surface area is 111 Å². The molecule has 0 saturated carbocycles. The first-order chi connectivity index (χ1) is 8.61. The molecule has 0 radical (unpaired) electrons. The molecule has 0 atom stereocenters. The van der Waals surface area contributed by atoms with E-state index in [0.717, 1.165) is 16.9 Å². The molecule has 2 aromatic rings. The second-order valence-electron chi connectivity index (χ2n) is 4.22. The van der Waals surface area contributed by atoms with E-state index in [2.05, 4.69) is 29.0 Å². The first kappa shape index (κ1) is 12.8. The van der Waals surface area contributed by atoms with Crippen molar-refractivity contribution in [3.05, 3.63) is 35.2 Å². The van der Waals surface area contributed by atoms with Crippen molar-refractivity contribution >= 4 is 11.6 Å². The number of ether oxygens (including phenoxy) is 1. The zero-order valence-corrected chi connectivity index (χ0v) is 11.3. The summed E-state index contributed by atoms with van der Waals surface area (Å²) in [5.41, 5.74) is 2.79. The molecule has 4 nitrogen and oxygen atoms in total. The molecule has 0 spiro atoms. The summed E-state index contributed by atoms with van der Waals surface area (Å²) < 4.78 is 5.35. The number of rotatable bonds is 3. The lowest BCUT2D eigenvalue weighted by atomic mass is 9.98. The summed E-state index contributed by atoms with van der Waals surface area (Å²) >= 11 is 5.75. The van der Waals surface area contributed by atoms with Crippen LogP contribution < -0.4 is 4.74 Å². The summed E-state index contributed by atoms with van der Waals surface area (Å²) in [5, 5.41) is 7.59. The minimum absolute atomic E-state index is 0.148. The summed E-state index contributed by atoms with van der Waals surface area (Å²) in [5.74, 6) is 1.24. The van der Waals surface area contributed by atoms with Crippen LogP contribution in [0, 0.1) is 0 Å². The lowest BCUT2D eigenvalue weighted by molar-refractivity contribution is 0.407. The van der Waals surface area contributed by atoms with Gasteiger partial charge in [0.05, 0.1) is 19.0 Å². The van der Waals surface area contributed by atoms with Crippen molar-refractivity contribution in [2.45, 2.75) is 19.8 Å². The van der Waals surface area contributed by atoms with Gasteiger partial charge in [-0.3, -0.25) is 0 Å². The molecule has 0 fully saturated rings. The van der Waals surface area contributed by atoms with Crippen LogP contribution >= 0.6 is 11.6 Å². The normalized spacial score (nSPS) is 10.7. The summed E-state index contributed by atoms with van der Waals surface area (Å²) in [6.07, 6.45) is 1.60. The van der Waals surface area contributed by atoms with E-state index in [4.69, 9.17) is 16.3 Å². The monoisotopic (exact) mass is 263 g/mol. The van der Waals surface area contributed by atoms with E-state index in [1.165, 1.54) is 0 Å². The van der Waals surface area contributed by atoms with Crippen LogP contribution in [0.15, 0.2) is 24.4 Å². The first-order valence-corrected chi connectivity index (χ1v) is 6.03. The standard InChI is InChI=1S/C13H14ClN3O/c1-8(2)10-6-9(4-5-12(10)18-3)11-7-15-17-13(14)16-11/h4-8H,1-3H3. The Morgan fingerprint density at radius 1 is 1.28 bits per heavy atom. The van der Waals surface area contributed by atoms with Crippen LogP contribution in [0.25, 0.3) is 11.3 Å². The largest absolute Gasteiger partial charge is 0.496 e. The average molecular weight is 264 g/mol. The van der Waals surface area contributed by atoms with Gasteiger partial charge in [-0.2, -0.15) is 5.10 Å². The Balaban J connectivity index is 2.50. The highest BCUT2D eigenvalue weighted by atomic mass is 35.5. The van der Waals surface area contributed by atoms with Crippen LogP contribution in [0.2, 0.25) is 5.28 Å². The van der Waals surface area contributed by atoms with E-state index < -0.39 is 0 Å². The smallest absolute Gasteiger partial charge is 0.243 e. The molecule has 0 amide bonds. The fourth-order valence-electron chi connectivity index (χ4n) is 1.77. The van der Waals surface area contributed by atoms with Crippen LogP contribution in [-0.2, 0) is 0 Å². The van der Waals surface area contributed by atoms with E-state index in [0.29, 0.717) is 11.6 Å². The number of benzene rings is 1. The molecule has 5 heteroatoms. The fourth-order valence-corrected chi connectivity index (χ4v) is 1.90. The number of methoxy groups -OCH3 is 1. The number of hydrogen-bond acceptors (Lipinski definition) is 4. The van der Waals surface area contributed by atoms with Gasteiger partial charge in [-0.15, -0.1) is 5.10 Å². The molecular weight excluding hydrogens is 250 g/mol. The lowest BCUT2D eigenvalue weighted by Gasteiger charge is -2.13. The first-order valence-electron chi connectivity index (χ1n) is 5.65. The zero-order valence-electron chi connectivity index (χ0n) is 10.5. The molecule has 2 rings (SSSR count). The zero-order chi connectivity index (χ0) is 13.1. The second kappa shape index (κ2) is 5.31. The van der Waals surface area contributed by atoms with Crippen LogP contribution in [0.3, 0.4) is 0 Å². The molecule has 0 saturated heterocycles. The van der Waals surface area contributed by atoms with Gasteiger partial charge in [0.25, 0.3) is 0 Å². The Morgan fingerprint density at radius 2 is 2.06 bits per heavy atom. The molecule has 0 aliphatic carbocycles. The van der Waals surface area contributed by atoms with E-state index in [1.54, 1.807) is 13.3 Å². The summed E-state index contributed by atoms with van der Waals surface area (Å²) in [4.78, 5) is 4.15. The molecule has 94 valence electrons. The predicted molar refractivity (Wildman–Crippen MR) is 70.9 cm³/mol. The van der Waals surface area contributed by atoms with Crippen molar-refractivity contribution in [3.63, 3.8) is 0 Å². The minimum atomic E-state index is 0.148. The fraction of sp³-hybridized carbons (Fsp3) is 0.308. The molecular formula is C13H14ClN3O. The summed E-state index contributed by atoms with van der Waals surface area (Å²) in [7, 11) is 1.67. The van der Waals surface area contributed by atoms with Crippen LogP contribution in [0.5, 0.6) is 5.75 Å². The highest BCUT2D eigenvalue weighted by molar-refractivity contribution is 6.28. The van der Waals surface area contributed by atoms with Gasteiger partial charge in [-0.25, -0.2) is 4.98 Å². The molecule has 0 aliphatic rings. The predicted octanol–water partition coefficient (Wildman–Crippen LogP) is 3.32.